The van der Waals surface area contributed by atoms with Gasteiger partial charge in [-0.25, -0.2) is 4.98 Å². The molecular formula is C21H17Cl3N4O2S. The van der Waals surface area contributed by atoms with Gasteiger partial charge in [-0.1, -0.05) is 34.8 Å². The smallest absolute Gasteiger partial charge is 0.241 e. The number of halogens is 3. The highest BCUT2D eigenvalue weighted by Crippen LogP contribution is 2.40. The van der Waals surface area contributed by atoms with Gasteiger partial charge in [0.05, 0.1) is 34.3 Å². The lowest BCUT2D eigenvalue weighted by Crippen LogP contribution is -2.37. The van der Waals surface area contributed by atoms with Gasteiger partial charge in [-0.05, 0) is 36.4 Å². The number of pyridine rings is 1. The van der Waals surface area contributed by atoms with Crippen LogP contribution in [0.4, 0.5) is 11.4 Å². The number of nitrogens with two attached hydrogens (primary N) is 1. The van der Waals surface area contributed by atoms with Crippen LogP contribution < -0.4 is 16.4 Å². The van der Waals surface area contributed by atoms with Crippen molar-refractivity contribution in [3.05, 3.63) is 74.6 Å². The predicted molar refractivity (Wildman–Crippen MR) is 127 cm³/mol. The number of furan rings is 1. The van der Waals surface area contributed by atoms with E-state index in [1.807, 2.05) is 12.1 Å². The number of nitrogens with zero attached hydrogens (tertiary/aromatic N) is 1. The summed E-state index contributed by atoms with van der Waals surface area (Å²) in [5.74, 6) is 0.461. The molecule has 1 unspecified atom stereocenters. The lowest BCUT2D eigenvalue weighted by atomic mass is 10.1. The Bertz CT molecular complexity index is 1210. The molecule has 1 aromatic carbocycles. The molecule has 4 rings (SSSR count). The molecule has 0 aliphatic carbocycles. The van der Waals surface area contributed by atoms with Crippen LogP contribution in [0.25, 0.3) is 10.2 Å². The first-order valence-electron chi connectivity index (χ1n) is 9.26. The van der Waals surface area contributed by atoms with Crippen molar-refractivity contribution >= 4 is 73.6 Å². The average Bonchev–Trinajstić information content (AvgIpc) is 3.37. The van der Waals surface area contributed by atoms with Crippen LogP contribution >= 0.6 is 46.1 Å². The van der Waals surface area contributed by atoms with Crippen molar-refractivity contribution < 1.29 is 9.21 Å². The molecule has 0 spiro atoms. The second kappa shape index (κ2) is 9.46. The minimum atomic E-state index is -0.795. The van der Waals surface area contributed by atoms with Gasteiger partial charge in [0.15, 0.2) is 0 Å². The van der Waals surface area contributed by atoms with Crippen molar-refractivity contribution in [3.8, 4) is 0 Å². The molecule has 160 valence electrons. The molecule has 10 heteroatoms. The van der Waals surface area contributed by atoms with Crippen molar-refractivity contribution in [2.75, 3.05) is 10.6 Å². The normalized spacial score (nSPS) is 12.1. The fraction of sp³-hybridized carbons (Fsp3) is 0.143. The zero-order valence-electron chi connectivity index (χ0n) is 16.0. The third-order valence-corrected chi connectivity index (χ3v) is 6.71. The summed E-state index contributed by atoms with van der Waals surface area (Å²) >= 11 is 20.1. The van der Waals surface area contributed by atoms with Crippen LogP contribution in [0.1, 0.15) is 10.6 Å². The highest BCUT2D eigenvalue weighted by molar-refractivity contribution is 7.20. The molecule has 31 heavy (non-hydrogen) atoms. The Morgan fingerprint density at radius 2 is 1.97 bits per heavy atom. The zero-order valence-corrected chi connectivity index (χ0v) is 19.1. The molecule has 0 saturated carbocycles. The van der Waals surface area contributed by atoms with Gasteiger partial charge >= 0.3 is 0 Å². The van der Waals surface area contributed by atoms with E-state index in [0.717, 1.165) is 21.0 Å². The van der Waals surface area contributed by atoms with Gasteiger partial charge in [0.2, 0.25) is 5.91 Å². The minimum absolute atomic E-state index is 0.258. The van der Waals surface area contributed by atoms with E-state index in [1.165, 1.54) is 11.3 Å². The third-order valence-electron chi connectivity index (χ3n) is 4.51. The third kappa shape index (κ3) is 5.14. The fourth-order valence-electron chi connectivity index (χ4n) is 2.97. The maximum absolute atomic E-state index is 12.5. The first kappa shape index (κ1) is 21.9. The SMILES string of the molecule is NC(Cc1sc2c(NCc3ccco3)cc(Cl)nc2c1Cl)C(=O)Nc1ccc(Cl)cc1. The summed E-state index contributed by atoms with van der Waals surface area (Å²) in [6.45, 7) is 0.482. The molecule has 6 nitrogen and oxygen atoms in total. The molecule has 3 heterocycles. The number of hydrogen-bond acceptors (Lipinski definition) is 6. The summed E-state index contributed by atoms with van der Waals surface area (Å²) in [7, 11) is 0. The van der Waals surface area contributed by atoms with Crippen molar-refractivity contribution in [3.63, 3.8) is 0 Å². The van der Waals surface area contributed by atoms with E-state index in [-0.39, 0.29) is 12.3 Å². The Morgan fingerprint density at radius 3 is 2.68 bits per heavy atom. The standard InChI is InChI=1S/C21H17Cl3N4O2S/c22-11-3-5-12(6-4-11)27-21(29)14(25)8-16-18(24)19-20(31-16)15(9-17(23)28-19)26-10-13-2-1-7-30-13/h1-7,9,14H,8,10,25H2,(H,26,28)(H,27,29). The van der Waals surface area contributed by atoms with Gasteiger partial charge in [0.25, 0.3) is 0 Å². The zero-order chi connectivity index (χ0) is 22.0. The maximum atomic E-state index is 12.5. The van der Waals surface area contributed by atoms with E-state index < -0.39 is 6.04 Å². The van der Waals surface area contributed by atoms with Crippen LogP contribution in [0.3, 0.4) is 0 Å². The van der Waals surface area contributed by atoms with Crippen LogP contribution in [0.2, 0.25) is 15.2 Å². The number of carbonyl (C=O) groups excluding carboxylic acids is 1. The Kier molecular flexibility index (Phi) is 6.69. The molecule has 0 fully saturated rings. The van der Waals surface area contributed by atoms with Gasteiger partial charge < -0.3 is 20.8 Å². The van der Waals surface area contributed by atoms with Crippen molar-refractivity contribution in [2.45, 2.75) is 19.0 Å². The summed E-state index contributed by atoms with van der Waals surface area (Å²) in [6.07, 6.45) is 1.87. The average molecular weight is 496 g/mol. The molecule has 0 radical (unpaired) electrons. The molecule has 0 aliphatic heterocycles. The molecule has 0 bridgehead atoms. The second-order valence-corrected chi connectivity index (χ2v) is 9.06. The lowest BCUT2D eigenvalue weighted by Gasteiger charge is -2.11. The van der Waals surface area contributed by atoms with E-state index in [1.54, 1.807) is 36.6 Å². The number of anilines is 2. The molecular weight excluding hydrogens is 479 g/mol. The molecule has 0 aliphatic rings. The van der Waals surface area contributed by atoms with Crippen LogP contribution in [-0.2, 0) is 17.8 Å². The molecule has 1 amide bonds. The maximum Gasteiger partial charge on any atom is 0.241 e. The van der Waals surface area contributed by atoms with Crippen LogP contribution in [-0.4, -0.2) is 16.9 Å². The predicted octanol–water partition coefficient (Wildman–Crippen LogP) is 5.97. The van der Waals surface area contributed by atoms with Crippen molar-refractivity contribution in [1.29, 1.82) is 0 Å². The topological polar surface area (TPSA) is 93.2 Å². The summed E-state index contributed by atoms with van der Waals surface area (Å²) in [5, 5.41) is 7.41. The number of aromatic nitrogens is 1. The number of rotatable bonds is 7. The van der Waals surface area contributed by atoms with Crippen LogP contribution in [0.5, 0.6) is 0 Å². The monoisotopic (exact) mass is 494 g/mol. The van der Waals surface area contributed by atoms with E-state index >= 15 is 0 Å². The summed E-state index contributed by atoms with van der Waals surface area (Å²) in [6, 6.07) is 11.4. The van der Waals surface area contributed by atoms with Crippen molar-refractivity contribution in [2.24, 2.45) is 5.73 Å². The lowest BCUT2D eigenvalue weighted by molar-refractivity contribution is -0.117. The summed E-state index contributed by atoms with van der Waals surface area (Å²) in [4.78, 5) is 17.6. The Hall–Kier alpha value is -2.29. The minimum Gasteiger partial charge on any atom is -0.467 e. The number of amides is 1. The van der Waals surface area contributed by atoms with Crippen molar-refractivity contribution in [1.82, 2.24) is 4.98 Å². The molecule has 0 saturated heterocycles. The number of hydrogen-bond donors (Lipinski definition) is 3. The van der Waals surface area contributed by atoms with E-state index in [0.29, 0.717) is 32.9 Å². The van der Waals surface area contributed by atoms with Gasteiger partial charge in [-0.15, -0.1) is 11.3 Å². The summed E-state index contributed by atoms with van der Waals surface area (Å²) in [5.41, 5.74) is 8.11. The number of benzene rings is 1. The Morgan fingerprint density at radius 1 is 1.19 bits per heavy atom. The van der Waals surface area contributed by atoms with Crippen LogP contribution in [0.15, 0.2) is 53.1 Å². The van der Waals surface area contributed by atoms with Gasteiger partial charge in [0, 0.05) is 28.1 Å². The first-order chi connectivity index (χ1) is 14.9. The van der Waals surface area contributed by atoms with Gasteiger partial charge in [-0.3, -0.25) is 4.79 Å². The number of fused-ring (bicyclic) bond motifs is 1. The number of carbonyl (C=O) groups is 1. The highest BCUT2D eigenvalue weighted by Gasteiger charge is 2.21. The Labute approximate surface area is 197 Å². The van der Waals surface area contributed by atoms with E-state index in [4.69, 9.17) is 45.0 Å². The molecule has 3 aromatic heterocycles. The van der Waals surface area contributed by atoms with E-state index in [2.05, 4.69) is 15.6 Å². The Balaban J connectivity index is 1.53. The fourth-order valence-corrected chi connectivity index (χ4v) is 4.86. The van der Waals surface area contributed by atoms with E-state index in [9.17, 15) is 4.79 Å². The molecule has 4 aromatic rings. The van der Waals surface area contributed by atoms with Gasteiger partial charge in [-0.2, -0.15) is 0 Å². The largest absolute Gasteiger partial charge is 0.467 e. The number of nitrogens with one attached hydrogen (secondary N) is 2. The quantitative estimate of drug-likeness (QED) is 0.275. The highest BCUT2D eigenvalue weighted by atomic mass is 35.5. The number of thiophene rings is 1. The second-order valence-electron chi connectivity index (χ2n) is 6.75. The molecule has 4 N–H and O–H groups in total. The molecule has 1 atom stereocenters. The van der Waals surface area contributed by atoms with Crippen LogP contribution in [0, 0.1) is 0 Å². The van der Waals surface area contributed by atoms with Gasteiger partial charge in [0.1, 0.15) is 16.4 Å². The summed E-state index contributed by atoms with van der Waals surface area (Å²) < 4.78 is 6.19. The first-order valence-corrected chi connectivity index (χ1v) is 11.2.